The van der Waals surface area contributed by atoms with Gasteiger partial charge in [-0.25, -0.2) is 0 Å². The van der Waals surface area contributed by atoms with Crippen molar-refractivity contribution in [3.8, 4) is 0 Å². The summed E-state index contributed by atoms with van der Waals surface area (Å²) in [4.78, 5) is 38.3. The Balaban J connectivity index is 4.49. The molecule has 0 rings (SSSR count). The molecule has 0 aliphatic heterocycles. The minimum absolute atomic E-state index is 0.112. The van der Waals surface area contributed by atoms with Crippen LogP contribution >= 0.6 is 0 Å². The molecule has 450 valence electrons. The predicted molar refractivity (Wildman–Crippen MR) is 348 cm³/mol. The van der Waals surface area contributed by atoms with Crippen molar-refractivity contribution in [1.82, 2.24) is 0 Å². The van der Waals surface area contributed by atoms with E-state index in [0.717, 1.165) is 141 Å². The molecular weight excluding hydrogens is 985 g/mol. The number of carbonyl (C=O) groups excluding carboxylic acids is 3. The number of esters is 3. The fourth-order valence-electron chi connectivity index (χ4n) is 8.45. The maximum absolute atomic E-state index is 12.9. The van der Waals surface area contributed by atoms with Crippen LogP contribution in [0.25, 0.3) is 0 Å². The van der Waals surface area contributed by atoms with Crippen molar-refractivity contribution in [3.63, 3.8) is 0 Å². The first-order chi connectivity index (χ1) is 39.5. The molecule has 0 aromatic heterocycles. The van der Waals surface area contributed by atoms with E-state index < -0.39 is 6.10 Å². The van der Waals surface area contributed by atoms with E-state index in [1.807, 2.05) is 0 Å². The molecule has 0 bridgehead atoms. The lowest BCUT2D eigenvalue weighted by atomic mass is 10.1. The van der Waals surface area contributed by atoms with Crippen molar-refractivity contribution in [3.05, 3.63) is 158 Å². The molecule has 0 aromatic rings. The van der Waals surface area contributed by atoms with E-state index in [2.05, 4.69) is 179 Å². The van der Waals surface area contributed by atoms with E-state index in [1.54, 1.807) is 0 Å². The zero-order chi connectivity index (χ0) is 57.8. The number of hydrogen-bond acceptors (Lipinski definition) is 6. The predicted octanol–water partition coefficient (Wildman–Crippen LogP) is 22.5. The Labute approximate surface area is 492 Å². The Kier molecular flexibility index (Phi) is 62.4. The molecule has 0 radical (unpaired) electrons. The smallest absolute Gasteiger partial charge is 0.306 e. The molecule has 0 aliphatic carbocycles. The lowest BCUT2D eigenvalue weighted by Crippen LogP contribution is -2.30. The number of carbonyl (C=O) groups is 3. The van der Waals surface area contributed by atoms with Crippen LogP contribution in [0.3, 0.4) is 0 Å². The highest BCUT2D eigenvalue weighted by molar-refractivity contribution is 5.71. The van der Waals surface area contributed by atoms with Crippen molar-refractivity contribution in [2.45, 2.75) is 277 Å². The standard InChI is InChI=1S/C74H118O6/c1-4-7-10-13-16-19-22-25-28-30-32-33-34-35-36-37-38-39-40-41-42-44-46-49-52-55-58-61-64-67-73(76)79-70-71(69-78-72(75)66-63-60-57-54-51-48-45-27-24-21-18-15-12-9-6-3)80-74(77)68-65-62-59-56-53-50-47-43-31-29-26-23-20-17-14-11-8-5-2/h7,9-10,12,16,18-19,21,25,27-29,31-33,35-36,38-39,41-42,45-46,49,55,58,71H,4-6,8,11,13-15,17,20,22-24,26,30,34,37,40,43-44,47-48,50-54,56-57,59-70H2,1-3H3/b10-7-,12-9-,19-16-,21-18-,28-25-,31-29-,33-32-,36-35-,39-38-,42-41-,45-27-,49-46-,58-55-. The lowest BCUT2D eigenvalue weighted by Gasteiger charge is -2.18. The first-order valence-electron chi connectivity index (χ1n) is 32.5. The summed E-state index contributed by atoms with van der Waals surface area (Å²) in [5.74, 6) is -0.996. The molecule has 0 fully saturated rings. The fraction of sp³-hybridized carbons (Fsp3) is 0.608. The van der Waals surface area contributed by atoms with Crippen molar-refractivity contribution < 1.29 is 28.6 Å². The second-order valence-electron chi connectivity index (χ2n) is 20.9. The number of hydrogen-bond donors (Lipinski definition) is 0. The largest absolute Gasteiger partial charge is 0.462 e. The van der Waals surface area contributed by atoms with Crippen LogP contribution in [0.15, 0.2) is 158 Å². The summed E-state index contributed by atoms with van der Waals surface area (Å²) < 4.78 is 16.9. The molecule has 0 heterocycles. The Morgan fingerprint density at radius 3 is 0.825 bits per heavy atom. The van der Waals surface area contributed by atoms with Gasteiger partial charge in [0.2, 0.25) is 0 Å². The number of ether oxygens (including phenoxy) is 3. The molecule has 1 atom stereocenters. The number of unbranched alkanes of at least 4 members (excludes halogenated alkanes) is 20. The Bertz CT molecular complexity index is 1790. The van der Waals surface area contributed by atoms with E-state index in [0.29, 0.717) is 19.3 Å². The summed E-state index contributed by atoms with van der Waals surface area (Å²) in [6, 6.07) is 0. The highest BCUT2D eigenvalue weighted by Crippen LogP contribution is 2.14. The lowest BCUT2D eigenvalue weighted by molar-refractivity contribution is -0.167. The minimum Gasteiger partial charge on any atom is -0.462 e. The van der Waals surface area contributed by atoms with Crippen LogP contribution in [-0.4, -0.2) is 37.2 Å². The molecule has 6 nitrogen and oxygen atoms in total. The van der Waals surface area contributed by atoms with Gasteiger partial charge in [0.25, 0.3) is 0 Å². The van der Waals surface area contributed by atoms with Gasteiger partial charge in [0, 0.05) is 19.3 Å². The topological polar surface area (TPSA) is 78.9 Å². The molecule has 0 saturated carbocycles. The molecule has 0 amide bonds. The van der Waals surface area contributed by atoms with Gasteiger partial charge in [0.15, 0.2) is 6.10 Å². The summed E-state index contributed by atoms with van der Waals surface area (Å²) in [6.07, 6.45) is 96.8. The van der Waals surface area contributed by atoms with Crippen LogP contribution in [0.2, 0.25) is 0 Å². The summed E-state index contributed by atoms with van der Waals surface area (Å²) >= 11 is 0. The average Bonchev–Trinajstić information content (AvgIpc) is 3.46. The van der Waals surface area contributed by atoms with E-state index in [4.69, 9.17) is 14.2 Å². The average molecular weight is 1100 g/mol. The molecule has 0 spiro atoms. The van der Waals surface area contributed by atoms with Gasteiger partial charge < -0.3 is 14.2 Å². The first-order valence-corrected chi connectivity index (χ1v) is 32.5. The van der Waals surface area contributed by atoms with Crippen LogP contribution < -0.4 is 0 Å². The number of rotatable bonds is 57. The van der Waals surface area contributed by atoms with Gasteiger partial charge >= 0.3 is 17.9 Å². The van der Waals surface area contributed by atoms with Crippen molar-refractivity contribution in [2.75, 3.05) is 13.2 Å². The van der Waals surface area contributed by atoms with E-state index in [9.17, 15) is 14.4 Å². The fourth-order valence-corrected chi connectivity index (χ4v) is 8.45. The number of allylic oxidation sites excluding steroid dienone is 26. The second kappa shape index (κ2) is 66.5. The molecule has 80 heavy (non-hydrogen) atoms. The van der Waals surface area contributed by atoms with Gasteiger partial charge in [-0.1, -0.05) is 269 Å². The van der Waals surface area contributed by atoms with Crippen LogP contribution in [0.1, 0.15) is 271 Å². The monoisotopic (exact) mass is 1100 g/mol. The van der Waals surface area contributed by atoms with Crippen molar-refractivity contribution >= 4 is 17.9 Å². The van der Waals surface area contributed by atoms with E-state index >= 15 is 0 Å². The molecule has 0 N–H and O–H groups in total. The molecule has 0 aliphatic rings. The summed E-state index contributed by atoms with van der Waals surface area (Å²) in [5, 5.41) is 0. The van der Waals surface area contributed by atoms with Crippen molar-refractivity contribution in [1.29, 1.82) is 0 Å². The third kappa shape index (κ3) is 63.9. The second-order valence-corrected chi connectivity index (χ2v) is 20.9. The van der Waals surface area contributed by atoms with Gasteiger partial charge in [-0.2, -0.15) is 0 Å². The maximum Gasteiger partial charge on any atom is 0.306 e. The highest BCUT2D eigenvalue weighted by Gasteiger charge is 2.19. The van der Waals surface area contributed by atoms with Crippen LogP contribution in [0.5, 0.6) is 0 Å². The third-order valence-corrected chi connectivity index (χ3v) is 13.2. The summed E-state index contributed by atoms with van der Waals surface area (Å²) in [5.41, 5.74) is 0. The molecular formula is C74H118O6. The zero-order valence-corrected chi connectivity index (χ0v) is 51.5. The quantitative estimate of drug-likeness (QED) is 0.0261. The normalized spacial score (nSPS) is 13.2. The van der Waals surface area contributed by atoms with Crippen LogP contribution in [-0.2, 0) is 28.6 Å². The van der Waals surface area contributed by atoms with Gasteiger partial charge in [-0.05, 0) is 141 Å². The van der Waals surface area contributed by atoms with Crippen molar-refractivity contribution in [2.24, 2.45) is 0 Å². The van der Waals surface area contributed by atoms with E-state index in [1.165, 1.54) is 83.5 Å². The van der Waals surface area contributed by atoms with Gasteiger partial charge in [-0.15, -0.1) is 0 Å². The molecule has 0 aromatic carbocycles. The third-order valence-electron chi connectivity index (χ3n) is 13.2. The Hall–Kier alpha value is -4.97. The molecule has 6 heteroatoms. The minimum atomic E-state index is -0.820. The van der Waals surface area contributed by atoms with E-state index in [-0.39, 0.29) is 37.5 Å². The SMILES string of the molecule is CC/C=C\C/C=C\C/C=C\C/C=C\C/C=C\C/C=C\C/C=C\C/C=C\C/C=C\CCCC(=O)OCC(COC(=O)CCCCCCC/C=C\C/C=C\C/C=C\CC)OC(=O)CCCCCCCCC/C=C\CCCCCCCCC. The first kappa shape index (κ1) is 75.0. The van der Waals surface area contributed by atoms with Gasteiger partial charge in [0.1, 0.15) is 13.2 Å². The maximum atomic E-state index is 12.9. The van der Waals surface area contributed by atoms with Crippen LogP contribution in [0.4, 0.5) is 0 Å². The summed E-state index contributed by atoms with van der Waals surface area (Å²) in [7, 11) is 0. The molecule has 0 saturated heterocycles. The molecule has 1 unspecified atom stereocenters. The van der Waals surface area contributed by atoms with Gasteiger partial charge in [-0.3, -0.25) is 14.4 Å². The Morgan fingerprint density at radius 1 is 0.263 bits per heavy atom. The van der Waals surface area contributed by atoms with Gasteiger partial charge in [0.05, 0.1) is 0 Å². The van der Waals surface area contributed by atoms with Crippen LogP contribution in [0, 0.1) is 0 Å². The zero-order valence-electron chi connectivity index (χ0n) is 51.5. The Morgan fingerprint density at radius 2 is 0.500 bits per heavy atom. The highest BCUT2D eigenvalue weighted by atomic mass is 16.6. The summed E-state index contributed by atoms with van der Waals surface area (Å²) in [6.45, 7) is 6.35.